The lowest BCUT2D eigenvalue weighted by Gasteiger charge is -2.36. The van der Waals surface area contributed by atoms with Crippen molar-refractivity contribution >= 4 is 5.91 Å². The van der Waals surface area contributed by atoms with Gasteiger partial charge in [0.1, 0.15) is 0 Å². The molecule has 0 saturated carbocycles. The molecule has 0 N–H and O–H groups in total. The largest absolute Gasteiger partial charge is 0.339 e. The van der Waals surface area contributed by atoms with Crippen LogP contribution in [0.1, 0.15) is 37.0 Å². The first kappa shape index (κ1) is 11.2. The summed E-state index contributed by atoms with van der Waals surface area (Å²) >= 11 is 0. The fourth-order valence-electron chi connectivity index (χ4n) is 2.08. The van der Waals surface area contributed by atoms with Gasteiger partial charge in [0.05, 0.1) is 0 Å². The molecule has 0 radical (unpaired) electrons. The van der Waals surface area contributed by atoms with E-state index in [9.17, 15) is 4.79 Å². The fraction of sp³-hybridized carbons (Fsp3) is 0.500. The van der Waals surface area contributed by atoms with Crippen LogP contribution in [0, 0.1) is 5.41 Å². The first-order chi connectivity index (χ1) is 7.58. The molecule has 0 atom stereocenters. The third kappa shape index (κ3) is 2.43. The highest BCUT2D eigenvalue weighted by Crippen LogP contribution is 2.30. The number of rotatable bonds is 1. The van der Waals surface area contributed by atoms with Gasteiger partial charge in [-0.1, -0.05) is 32.0 Å². The van der Waals surface area contributed by atoms with Gasteiger partial charge in [-0.05, 0) is 30.4 Å². The van der Waals surface area contributed by atoms with Crippen LogP contribution in [-0.4, -0.2) is 23.9 Å². The van der Waals surface area contributed by atoms with E-state index in [0.717, 1.165) is 31.5 Å². The second-order valence-electron chi connectivity index (χ2n) is 5.32. The van der Waals surface area contributed by atoms with Crippen LogP contribution in [0.2, 0.25) is 0 Å². The van der Waals surface area contributed by atoms with Gasteiger partial charge in [-0.2, -0.15) is 0 Å². The van der Waals surface area contributed by atoms with Gasteiger partial charge in [0.15, 0.2) is 0 Å². The molecule has 2 heteroatoms. The van der Waals surface area contributed by atoms with Gasteiger partial charge in [-0.15, -0.1) is 0 Å². The Bertz CT molecular complexity index is 360. The predicted octanol–water partition coefficient (Wildman–Crippen LogP) is 2.95. The van der Waals surface area contributed by atoms with Crippen LogP contribution in [-0.2, 0) is 0 Å². The maximum absolute atomic E-state index is 12.1. The van der Waals surface area contributed by atoms with Crippen LogP contribution in [0.25, 0.3) is 0 Å². The maximum atomic E-state index is 12.1. The van der Waals surface area contributed by atoms with E-state index in [2.05, 4.69) is 13.8 Å². The zero-order valence-corrected chi connectivity index (χ0v) is 10.1. The van der Waals surface area contributed by atoms with E-state index in [1.54, 1.807) is 0 Å². The molecular formula is C14H19NO. The average Bonchev–Trinajstić information content (AvgIpc) is 2.29. The molecule has 1 fully saturated rings. The molecule has 0 bridgehead atoms. The normalized spacial score (nSPS) is 19.5. The minimum Gasteiger partial charge on any atom is -0.339 e. The van der Waals surface area contributed by atoms with Crippen LogP contribution in [0.4, 0.5) is 0 Å². The molecule has 0 spiro atoms. The lowest BCUT2D eigenvalue weighted by molar-refractivity contribution is 0.0630. The third-order valence-electron chi connectivity index (χ3n) is 3.42. The topological polar surface area (TPSA) is 20.3 Å². The zero-order chi connectivity index (χ0) is 11.6. The summed E-state index contributed by atoms with van der Waals surface area (Å²) in [6.45, 7) is 6.33. The van der Waals surface area contributed by atoms with Crippen molar-refractivity contribution in [1.82, 2.24) is 4.90 Å². The Labute approximate surface area is 97.3 Å². The number of benzene rings is 1. The molecule has 1 aliphatic rings. The number of nitrogens with zero attached hydrogens (tertiary/aromatic N) is 1. The maximum Gasteiger partial charge on any atom is 0.253 e. The molecule has 0 unspecified atom stereocenters. The molecule has 2 nitrogen and oxygen atoms in total. The predicted molar refractivity (Wildman–Crippen MR) is 65.4 cm³/mol. The van der Waals surface area contributed by atoms with Crippen molar-refractivity contribution in [1.29, 1.82) is 0 Å². The van der Waals surface area contributed by atoms with Crippen LogP contribution < -0.4 is 0 Å². The van der Waals surface area contributed by atoms with E-state index in [4.69, 9.17) is 0 Å². The van der Waals surface area contributed by atoms with Gasteiger partial charge in [-0.25, -0.2) is 0 Å². The number of carbonyl (C=O) groups excluding carboxylic acids is 1. The number of hydrogen-bond donors (Lipinski definition) is 0. The summed E-state index contributed by atoms with van der Waals surface area (Å²) in [6.07, 6.45) is 2.21. The Hall–Kier alpha value is -1.31. The van der Waals surface area contributed by atoms with Crippen LogP contribution in [0.15, 0.2) is 30.3 Å². The van der Waals surface area contributed by atoms with Gasteiger partial charge in [0, 0.05) is 18.7 Å². The highest BCUT2D eigenvalue weighted by molar-refractivity contribution is 5.94. The van der Waals surface area contributed by atoms with Crippen LogP contribution >= 0.6 is 0 Å². The van der Waals surface area contributed by atoms with Crippen molar-refractivity contribution in [2.24, 2.45) is 5.41 Å². The Morgan fingerprint density at radius 3 is 2.25 bits per heavy atom. The van der Waals surface area contributed by atoms with E-state index in [0.29, 0.717) is 5.41 Å². The van der Waals surface area contributed by atoms with Gasteiger partial charge >= 0.3 is 0 Å². The number of hydrogen-bond acceptors (Lipinski definition) is 1. The summed E-state index contributed by atoms with van der Waals surface area (Å²) in [7, 11) is 0. The summed E-state index contributed by atoms with van der Waals surface area (Å²) < 4.78 is 0. The minimum absolute atomic E-state index is 0.177. The molecule has 0 aliphatic carbocycles. The van der Waals surface area contributed by atoms with Crippen molar-refractivity contribution < 1.29 is 4.79 Å². The quantitative estimate of drug-likeness (QED) is 0.708. The molecular weight excluding hydrogens is 198 g/mol. The second-order valence-corrected chi connectivity index (χ2v) is 5.32. The standard InChI is InChI=1S/C14H19NO/c1-14(2)8-10-15(11-9-14)13(16)12-6-4-3-5-7-12/h3-7H,8-11H2,1-2H3. The van der Waals surface area contributed by atoms with E-state index in [-0.39, 0.29) is 5.91 Å². The number of carbonyl (C=O) groups is 1. The number of amides is 1. The lowest BCUT2D eigenvalue weighted by Crippen LogP contribution is -2.41. The molecule has 1 aromatic carbocycles. The number of piperidine rings is 1. The van der Waals surface area contributed by atoms with E-state index in [1.165, 1.54) is 0 Å². The molecule has 1 saturated heterocycles. The summed E-state index contributed by atoms with van der Waals surface area (Å²) in [4.78, 5) is 14.1. The molecule has 1 aliphatic heterocycles. The number of likely N-dealkylation sites (tertiary alicyclic amines) is 1. The average molecular weight is 217 g/mol. The van der Waals surface area contributed by atoms with Gasteiger partial charge in [0.2, 0.25) is 0 Å². The Morgan fingerprint density at radius 2 is 1.69 bits per heavy atom. The van der Waals surface area contributed by atoms with Gasteiger partial charge < -0.3 is 4.90 Å². The molecule has 1 amide bonds. The van der Waals surface area contributed by atoms with E-state index < -0.39 is 0 Å². The van der Waals surface area contributed by atoms with Crippen LogP contribution in [0.3, 0.4) is 0 Å². The third-order valence-corrected chi connectivity index (χ3v) is 3.42. The molecule has 1 heterocycles. The van der Waals surface area contributed by atoms with Crippen molar-refractivity contribution in [2.75, 3.05) is 13.1 Å². The SMILES string of the molecule is CC1(C)CCN(C(=O)c2ccccc2)CC1. The first-order valence-electron chi connectivity index (χ1n) is 5.93. The Balaban J connectivity index is 2.03. The summed E-state index contributed by atoms with van der Waals surface area (Å²) in [5.74, 6) is 0.177. The molecule has 1 aromatic rings. The highest BCUT2D eigenvalue weighted by Gasteiger charge is 2.28. The van der Waals surface area contributed by atoms with Gasteiger partial charge in [-0.3, -0.25) is 4.79 Å². The fourth-order valence-corrected chi connectivity index (χ4v) is 2.08. The minimum atomic E-state index is 0.177. The van der Waals surface area contributed by atoms with E-state index >= 15 is 0 Å². The monoisotopic (exact) mass is 217 g/mol. The highest BCUT2D eigenvalue weighted by atomic mass is 16.2. The zero-order valence-electron chi connectivity index (χ0n) is 10.1. The van der Waals surface area contributed by atoms with Crippen molar-refractivity contribution in [3.63, 3.8) is 0 Å². The Morgan fingerprint density at radius 1 is 1.12 bits per heavy atom. The lowest BCUT2D eigenvalue weighted by atomic mass is 9.82. The second kappa shape index (κ2) is 4.28. The summed E-state index contributed by atoms with van der Waals surface area (Å²) in [6, 6.07) is 9.56. The Kier molecular flexibility index (Phi) is 2.99. The van der Waals surface area contributed by atoms with E-state index in [1.807, 2.05) is 35.2 Å². The molecule has 2 rings (SSSR count). The van der Waals surface area contributed by atoms with Crippen LogP contribution in [0.5, 0.6) is 0 Å². The first-order valence-corrected chi connectivity index (χ1v) is 5.93. The molecule has 86 valence electrons. The smallest absolute Gasteiger partial charge is 0.253 e. The van der Waals surface area contributed by atoms with Crippen molar-refractivity contribution in [3.05, 3.63) is 35.9 Å². The molecule has 16 heavy (non-hydrogen) atoms. The van der Waals surface area contributed by atoms with Gasteiger partial charge in [0.25, 0.3) is 5.91 Å². The summed E-state index contributed by atoms with van der Waals surface area (Å²) in [5, 5.41) is 0. The molecule has 0 aromatic heterocycles. The summed E-state index contributed by atoms with van der Waals surface area (Å²) in [5.41, 5.74) is 1.20. The van der Waals surface area contributed by atoms with Crippen molar-refractivity contribution in [2.45, 2.75) is 26.7 Å². The van der Waals surface area contributed by atoms with Crippen molar-refractivity contribution in [3.8, 4) is 0 Å².